The predicted octanol–water partition coefficient (Wildman–Crippen LogP) is 5.75. The third kappa shape index (κ3) is 0.917. The van der Waals surface area contributed by atoms with E-state index < -0.39 is 0 Å². The normalized spacial score (nSPS) is 41.7. The number of hydrogen-bond acceptors (Lipinski definition) is 0. The number of rotatable bonds is 0. The van der Waals surface area contributed by atoms with Crippen LogP contribution >= 0.6 is 0 Å². The van der Waals surface area contributed by atoms with E-state index in [1.165, 1.54) is 11.1 Å². The first-order chi connectivity index (χ1) is 7.89. The van der Waals surface area contributed by atoms with Crippen LogP contribution in [0.4, 0.5) is 0 Å². The second-order valence-corrected chi connectivity index (χ2v) is 8.00. The minimum absolute atomic E-state index is 0.290. The molecule has 0 aromatic carbocycles. The molecule has 1 saturated carbocycles. The molecule has 1 fully saturated rings. The second kappa shape index (κ2) is 3.14. The zero-order valence-electron chi connectivity index (χ0n) is 14.0. The van der Waals surface area contributed by atoms with Gasteiger partial charge in [-0.3, -0.25) is 0 Å². The van der Waals surface area contributed by atoms with E-state index in [0.29, 0.717) is 10.8 Å². The fraction of sp³-hybridized carbons (Fsp3) is 0.778. The highest BCUT2D eigenvalue weighted by Gasteiger charge is 2.77. The molecule has 0 aromatic rings. The maximum atomic E-state index is 2.49. The van der Waals surface area contributed by atoms with Gasteiger partial charge < -0.3 is 0 Å². The van der Waals surface area contributed by atoms with Crippen LogP contribution in [-0.4, -0.2) is 0 Å². The van der Waals surface area contributed by atoms with Crippen LogP contribution in [0.1, 0.15) is 69.2 Å². The van der Waals surface area contributed by atoms with Crippen molar-refractivity contribution in [2.75, 3.05) is 0 Å². The minimum atomic E-state index is 0.290. The molecule has 0 amide bonds. The summed E-state index contributed by atoms with van der Waals surface area (Å²) in [5.41, 5.74) is 7.46. The molecule has 3 aliphatic carbocycles. The predicted molar refractivity (Wildman–Crippen MR) is 80.5 cm³/mol. The lowest BCUT2D eigenvalue weighted by atomic mass is 9.25. The molecule has 3 aliphatic rings. The van der Waals surface area contributed by atoms with Crippen LogP contribution in [0, 0.1) is 21.7 Å². The van der Waals surface area contributed by atoms with Crippen molar-refractivity contribution >= 4 is 0 Å². The van der Waals surface area contributed by atoms with Crippen molar-refractivity contribution in [1.29, 1.82) is 0 Å². The summed E-state index contributed by atoms with van der Waals surface area (Å²) in [6.07, 6.45) is 0. The molecule has 2 bridgehead atoms. The summed E-state index contributed by atoms with van der Waals surface area (Å²) < 4.78 is 0. The van der Waals surface area contributed by atoms with Gasteiger partial charge in [0.25, 0.3) is 0 Å². The highest BCUT2D eigenvalue weighted by atomic mass is 14.8. The van der Waals surface area contributed by atoms with E-state index in [9.17, 15) is 0 Å². The Kier molecular flexibility index (Phi) is 2.42. The molecule has 0 atom stereocenters. The first-order valence-corrected chi connectivity index (χ1v) is 7.25. The van der Waals surface area contributed by atoms with Gasteiger partial charge >= 0.3 is 0 Å². The summed E-state index contributed by atoms with van der Waals surface area (Å²) in [5.74, 6) is 0. The SMILES string of the molecule is CC1=C(C)C2(C)C(C)(C)C(C)(C(C)=C1C)C2(C)C. The van der Waals surface area contributed by atoms with Gasteiger partial charge in [0.15, 0.2) is 0 Å². The van der Waals surface area contributed by atoms with Gasteiger partial charge in [-0.05, 0) is 49.7 Å². The largest absolute Gasteiger partial charge is 0.0631 e. The smallest absolute Gasteiger partial charge is 0.000586 e. The molecule has 0 heteroatoms. The lowest BCUT2D eigenvalue weighted by molar-refractivity contribution is -0.260. The van der Waals surface area contributed by atoms with Gasteiger partial charge in [0.1, 0.15) is 0 Å². The lowest BCUT2D eigenvalue weighted by Gasteiger charge is -2.78. The molecule has 0 unspecified atom stereocenters. The lowest BCUT2D eigenvalue weighted by Crippen LogP contribution is -2.73. The molecule has 0 heterocycles. The Morgan fingerprint density at radius 1 is 0.500 bits per heavy atom. The molecule has 0 spiro atoms. The minimum Gasteiger partial charge on any atom is -0.0631 e. The summed E-state index contributed by atoms with van der Waals surface area (Å²) in [6, 6.07) is 0. The third-order valence-corrected chi connectivity index (χ3v) is 8.19. The van der Waals surface area contributed by atoms with Gasteiger partial charge in [0, 0.05) is 10.8 Å². The monoisotopic (exact) mass is 246 g/mol. The van der Waals surface area contributed by atoms with Gasteiger partial charge in [-0.1, -0.05) is 52.7 Å². The standard InChI is InChI=1S/C18H30/c1-11-12(2)14(4)18(10)15(5,6)17(9,13(11)3)16(18,7)8/h1-10H3. The highest BCUT2D eigenvalue weighted by molar-refractivity contribution is 5.52. The van der Waals surface area contributed by atoms with E-state index in [-0.39, 0.29) is 10.8 Å². The zero-order valence-corrected chi connectivity index (χ0v) is 14.0. The molecular formula is C18H30. The molecule has 0 N–H and O–H groups in total. The molecule has 0 aromatic heterocycles. The van der Waals surface area contributed by atoms with Crippen LogP contribution in [0.5, 0.6) is 0 Å². The Labute approximate surface area is 114 Å². The Morgan fingerprint density at radius 3 is 0.944 bits per heavy atom. The van der Waals surface area contributed by atoms with E-state index >= 15 is 0 Å². The van der Waals surface area contributed by atoms with Crippen molar-refractivity contribution in [3.05, 3.63) is 22.3 Å². The summed E-state index contributed by atoms with van der Waals surface area (Å²) in [6.45, 7) is 24.2. The topological polar surface area (TPSA) is 0 Å². The Morgan fingerprint density at radius 2 is 0.722 bits per heavy atom. The van der Waals surface area contributed by atoms with Gasteiger partial charge in [-0.25, -0.2) is 0 Å². The Hall–Kier alpha value is -0.520. The van der Waals surface area contributed by atoms with Crippen molar-refractivity contribution < 1.29 is 0 Å². The van der Waals surface area contributed by atoms with Crippen molar-refractivity contribution in [3.63, 3.8) is 0 Å². The molecule has 0 aliphatic heterocycles. The summed E-state index contributed by atoms with van der Waals surface area (Å²) in [7, 11) is 0. The molecule has 3 rings (SSSR count). The Bertz CT molecular complexity index is 422. The second-order valence-electron chi connectivity index (χ2n) is 8.00. The van der Waals surface area contributed by atoms with Crippen LogP contribution in [0.3, 0.4) is 0 Å². The van der Waals surface area contributed by atoms with Crippen LogP contribution in [0.2, 0.25) is 0 Å². The van der Waals surface area contributed by atoms with Crippen LogP contribution in [0.25, 0.3) is 0 Å². The summed E-state index contributed by atoms with van der Waals surface area (Å²) in [5, 5.41) is 0. The van der Waals surface area contributed by atoms with Crippen molar-refractivity contribution in [2.24, 2.45) is 21.7 Å². The number of allylic oxidation sites excluding steroid dienone is 4. The quantitative estimate of drug-likeness (QED) is 0.510. The summed E-state index contributed by atoms with van der Waals surface area (Å²) in [4.78, 5) is 0. The van der Waals surface area contributed by atoms with Crippen LogP contribution in [-0.2, 0) is 0 Å². The first kappa shape index (κ1) is 13.9. The summed E-state index contributed by atoms with van der Waals surface area (Å²) >= 11 is 0. The molecule has 0 radical (unpaired) electrons. The van der Waals surface area contributed by atoms with E-state index in [1.54, 1.807) is 11.1 Å². The number of fused-ring (bicyclic) bond motifs is 1. The van der Waals surface area contributed by atoms with E-state index in [0.717, 1.165) is 0 Å². The highest BCUT2D eigenvalue weighted by Crippen LogP contribution is 2.83. The van der Waals surface area contributed by atoms with Gasteiger partial charge in [-0.2, -0.15) is 0 Å². The zero-order chi connectivity index (χ0) is 14.3. The fourth-order valence-electron chi connectivity index (χ4n) is 5.69. The van der Waals surface area contributed by atoms with E-state index in [2.05, 4.69) is 69.2 Å². The van der Waals surface area contributed by atoms with Gasteiger partial charge in [-0.15, -0.1) is 0 Å². The fourth-order valence-corrected chi connectivity index (χ4v) is 5.69. The number of hydrogen-bond donors (Lipinski definition) is 0. The van der Waals surface area contributed by atoms with Crippen LogP contribution in [0.15, 0.2) is 22.3 Å². The average Bonchev–Trinajstić information content (AvgIpc) is 2.34. The maximum Gasteiger partial charge on any atom is 0.000586 e. The molecule has 18 heavy (non-hydrogen) atoms. The van der Waals surface area contributed by atoms with Crippen LogP contribution < -0.4 is 0 Å². The van der Waals surface area contributed by atoms with Crippen molar-refractivity contribution in [3.8, 4) is 0 Å². The van der Waals surface area contributed by atoms with Gasteiger partial charge in [0.2, 0.25) is 0 Å². The van der Waals surface area contributed by atoms with Crippen molar-refractivity contribution in [2.45, 2.75) is 69.2 Å². The average molecular weight is 246 g/mol. The molecule has 102 valence electrons. The van der Waals surface area contributed by atoms with E-state index in [1.807, 2.05) is 0 Å². The maximum absolute atomic E-state index is 2.49. The van der Waals surface area contributed by atoms with Crippen molar-refractivity contribution in [1.82, 2.24) is 0 Å². The van der Waals surface area contributed by atoms with E-state index in [4.69, 9.17) is 0 Å². The molecule has 0 saturated heterocycles. The Balaban J connectivity index is 2.92. The molecule has 0 nitrogen and oxygen atoms in total. The van der Waals surface area contributed by atoms with Gasteiger partial charge in [0.05, 0.1) is 0 Å². The first-order valence-electron chi connectivity index (χ1n) is 7.25. The molecular weight excluding hydrogens is 216 g/mol. The third-order valence-electron chi connectivity index (χ3n) is 8.19.